The van der Waals surface area contributed by atoms with Crippen molar-refractivity contribution in [2.75, 3.05) is 13.1 Å². The van der Waals surface area contributed by atoms with Crippen LogP contribution < -0.4 is 5.32 Å². The van der Waals surface area contributed by atoms with E-state index in [1.165, 1.54) is 33.4 Å². The number of rotatable bonds is 4. The van der Waals surface area contributed by atoms with Gasteiger partial charge in [0.2, 0.25) is 0 Å². The number of likely N-dealkylation sites (tertiary alicyclic amines) is 1. The van der Waals surface area contributed by atoms with E-state index in [-0.39, 0.29) is 6.03 Å². The summed E-state index contributed by atoms with van der Waals surface area (Å²) in [6, 6.07) is 0.0378. The van der Waals surface area contributed by atoms with Crippen LogP contribution in [0.4, 0.5) is 4.79 Å². The molecule has 1 atom stereocenters. The molecule has 2 amide bonds. The quantitative estimate of drug-likeness (QED) is 0.846. The van der Waals surface area contributed by atoms with Crippen molar-refractivity contribution in [3.8, 4) is 0 Å². The van der Waals surface area contributed by atoms with Gasteiger partial charge in [0.1, 0.15) is 11.6 Å². The number of urea groups is 1. The molecule has 2 aromatic rings. The average molecular weight is 398 g/mol. The van der Waals surface area contributed by atoms with Crippen molar-refractivity contribution in [3.63, 3.8) is 0 Å². The summed E-state index contributed by atoms with van der Waals surface area (Å²) in [4.78, 5) is 19.2. The van der Waals surface area contributed by atoms with E-state index in [1.807, 2.05) is 23.4 Å². The Kier molecular flexibility index (Phi) is 6.30. The number of carbonyl (C=O) groups excluding carboxylic acids is 1. The lowest BCUT2D eigenvalue weighted by molar-refractivity contribution is 0.157. The Hall–Kier alpha value is -2.37. The first-order chi connectivity index (χ1) is 13.7. The summed E-state index contributed by atoms with van der Waals surface area (Å²) in [5, 5.41) is 7.66. The van der Waals surface area contributed by atoms with Crippen molar-refractivity contribution in [2.45, 2.75) is 74.4 Å². The minimum Gasteiger partial charge on any atom is -0.334 e. The number of hydrogen-bond donors (Lipinski definition) is 1. The van der Waals surface area contributed by atoms with Crippen molar-refractivity contribution in [1.29, 1.82) is 0 Å². The zero-order valence-electron chi connectivity index (χ0n) is 19.0. The van der Waals surface area contributed by atoms with Gasteiger partial charge in [-0.15, -0.1) is 0 Å². The van der Waals surface area contributed by atoms with Crippen molar-refractivity contribution in [1.82, 2.24) is 25.0 Å². The molecule has 6 heteroatoms. The summed E-state index contributed by atoms with van der Waals surface area (Å²) in [5.74, 6) is 2.17. The van der Waals surface area contributed by atoms with E-state index in [1.54, 1.807) is 0 Å². The van der Waals surface area contributed by atoms with Crippen LogP contribution in [0.5, 0.6) is 0 Å². The summed E-state index contributed by atoms with van der Waals surface area (Å²) in [6.07, 6.45) is 2.16. The van der Waals surface area contributed by atoms with Gasteiger partial charge in [-0.25, -0.2) is 14.5 Å². The summed E-state index contributed by atoms with van der Waals surface area (Å²) in [6.45, 7) is 17.8. The zero-order chi connectivity index (χ0) is 21.3. The third-order valence-electron chi connectivity index (χ3n) is 6.77. The molecule has 1 saturated heterocycles. The molecule has 0 spiro atoms. The van der Waals surface area contributed by atoms with Crippen LogP contribution in [0.15, 0.2) is 0 Å². The molecule has 3 rings (SSSR count). The Morgan fingerprint density at radius 1 is 1.00 bits per heavy atom. The number of carbonyl (C=O) groups is 1. The van der Waals surface area contributed by atoms with E-state index in [2.05, 4.69) is 50.0 Å². The lowest BCUT2D eigenvalue weighted by Gasteiger charge is -2.33. The molecule has 6 nitrogen and oxygen atoms in total. The van der Waals surface area contributed by atoms with E-state index >= 15 is 0 Å². The molecule has 0 bridgehead atoms. The second-order valence-electron chi connectivity index (χ2n) is 8.60. The van der Waals surface area contributed by atoms with Gasteiger partial charge in [-0.3, -0.25) is 0 Å². The molecule has 1 aliphatic rings. The first-order valence-corrected chi connectivity index (χ1v) is 10.7. The third-order valence-corrected chi connectivity index (χ3v) is 6.77. The molecule has 29 heavy (non-hydrogen) atoms. The first-order valence-electron chi connectivity index (χ1n) is 10.7. The second kappa shape index (κ2) is 8.56. The summed E-state index contributed by atoms with van der Waals surface area (Å²) in [7, 11) is 0. The van der Waals surface area contributed by atoms with Crippen LogP contribution in [0.1, 0.15) is 57.9 Å². The third kappa shape index (κ3) is 4.46. The Bertz CT molecular complexity index is 885. The molecule has 1 aromatic heterocycles. The molecular weight excluding hydrogens is 362 g/mol. The van der Waals surface area contributed by atoms with Gasteiger partial charge in [0.15, 0.2) is 0 Å². The van der Waals surface area contributed by atoms with Crippen LogP contribution in [0.2, 0.25) is 0 Å². The van der Waals surface area contributed by atoms with Crippen molar-refractivity contribution >= 4 is 6.03 Å². The Labute approximate surface area is 174 Å². The van der Waals surface area contributed by atoms with Crippen LogP contribution >= 0.6 is 0 Å². The molecule has 1 aromatic carbocycles. The fraction of sp³-hybridized carbons (Fsp3) is 0.609. The lowest BCUT2D eigenvalue weighted by Crippen LogP contribution is -2.46. The molecule has 0 radical (unpaired) electrons. The topological polar surface area (TPSA) is 63.1 Å². The first kappa shape index (κ1) is 21.3. The van der Waals surface area contributed by atoms with E-state index in [0.717, 1.165) is 44.1 Å². The lowest BCUT2D eigenvalue weighted by atomic mass is 9.89. The highest BCUT2D eigenvalue weighted by Crippen LogP contribution is 2.26. The zero-order valence-corrected chi connectivity index (χ0v) is 19.0. The van der Waals surface area contributed by atoms with Gasteiger partial charge < -0.3 is 10.2 Å². The highest BCUT2D eigenvalue weighted by atomic mass is 16.2. The summed E-state index contributed by atoms with van der Waals surface area (Å²) in [5.41, 5.74) is 7.84. The minimum absolute atomic E-state index is 0.0378. The normalized spacial score (nSPS) is 16.9. The number of nitrogens with zero attached hydrogens (tertiary/aromatic N) is 4. The number of aromatic nitrogens is 3. The standard InChI is InChI=1S/C23H35N5O/c1-14-15(2)17(4)22(18(5)16(14)3)11-24-23(29)27-10-8-9-21(12-27)13-28-20(7)25-19(6)26-28/h21H,8-13H2,1-7H3,(H,24,29). The number of benzene rings is 1. The number of hydrogen-bond acceptors (Lipinski definition) is 3. The van der Waals surface area contributed by atoms with E-state index < -0.39 is 0 Å². The molecule has 1 N–H and O–H groups in total. The van der Waals surface area contributed by atoms with Crippen LogP contribution in [-0.2, 0) is 13.1 Å². The summed E-state index contributed by atoms with van der Waals surface area (Å²) >= 11 is 0. The van der Waals surface area contributed by atoms with Crippen molar-refractivity contribution < 1.29 is 4.79 Å². The van der Waals surface area contributed by atoms with Gasteiger partial charge in [-0.2, -0.15) is 5.10 Å². The highest BCUT2D eigenvalue weighted by Gasteiger charge is 2.25. The van der Waals surface area contributed by atoms with Gasteiger partial charge in [0, 0.05) is 26.2 Å². The van der Waals surface area contributed by atoms with Gasteiger partial charge in [-0.05, 0) is 101 Å². The smallest absolute Gasteiger partial charge is 0.317 e. The maximum atomic E-state index is 12.9. The van der Waals surface area contributed by atoms with Gasteiger partial charge in [-0.1, -0.05) is 0 Å². The molecule has 0 aliphatic carbocycles. The molecule has 0 saturated carbocycles. The monoisotopic (exact) mass is 397 g/mol. The van der Waals surface area contributed by atoms with Crippen LogP contribution in [0.25, 0.3) is 0 Å². The van der Waals surface area contributed by atoms with Gasteiger partial charge >= 0.3 is 6.03 Å². The SMILES string of the molecule is Cc1nc(C)n(CC2CCCN(C(=O)NCc3c(C)c(C)c(C)c(C)c3C)C2)n1. The van der Waals surface area contributed by atoms with Crippen LogP contribution in [0.3, 0.4) is 0 Å². The molecule has 158 valence electrons. The molecule has 1 fully saturated rings. The maximum Gasteiger partial charge on any atom is 0.317 e. The second-order valence-corrected chi connectivity index (χ2v) is 8.60. The summed E-state index contributed by atoms with van der Waals surface area (Å²) < 4.78 is 1.98. The van der Waals surface area contributed by atoms with E-state index in [0.29, 0.717) is 12.5 Å². The van der Waals surface area contributed by atoms with Crippen LogP contribution in [-0.4, -0.2) is 38.8 Å². The number of amides is 2. The minimum atomic E-state index is 0.0378. The number of piperidine rings is 1. The number of nitrogens with one attached hydrogen (secondary N) is 1. The Morgan fingerprint density at radius 3 is 2.21 bits per heavy atom. The predicted octanol–water partition coefficient (Wildman–Crippen LogP) is 4.06. The molecule has 1 unspecified atom stereocenters. The van der Waals surface area contributed by atoms with Gasteiger partial charge in [0.25, 0.3) is 0 Å². The molecule has 2 heterocycles. The van der Waals surface area contributed by atoms with E-state index in [4.69, 9.17) is 0 Å². The predicted molar refractivity (Wildman–Crippen MR) is 116 cm³/mol. The Morgan fingerprint density at radius 2 is 1.62 bits per heavy atom. The Balaban J connectivity index is 1.63. The van der Waals surface area contributed by atoms with Gasteiger partial charge in [0.05, 0.1) is 0 Å². The maximum absolute atomic E-state index is 12.9. The van der Waals surface area contributed by atoms with E-state index in [9.17, 15) is 4.79 Å². The van der Waals surface area contributed by atoms with Crippen LogP contribution in [0, 0.1) is 54.4 Å². The largest absolute Gasteiger partial charge is 0.334 e. The average Bonchev–Trinajstić information content (AvgIpc) is 3.01. The fourth-order valence-corrected chi connectivity index (χ4v) is 4.50. The molecule has 1 aliphatic heterocycles. The highest BCUT2D eigenvalue weighted by molar-refractivity contribution is 5.74. The van der Waals surface area contributed by atoms with Crippen molar-refractivity contribution in [3.05, 3.63) is 45.0 Å². The van der Waals surface area contributed by atoms with Crippen molar-refractivity contribution in [2.24, 2.45) is 5.92 Å². The number of aryl methyl sites for hydroxylation is 2. The fourth-order valence-electron chi connectivity index (χ4n) is 4.50. The molecular formula is C23H35N5O.